The summed E-state index contributed by atoms with van der Waals surface area (Å²) in [5, 5.41) is 11.6. The van der Waals surface area contributed by atoms with Crippen molar-refractivity contribution in [1.29, 1.82) is 0 Å². The van der Waals surface area contributed by atoms with Crippen LogP contribution in [-0.2, 0) is 16.6 Å². The van der Waals surface area contributed by atoms with E-state index < -0.39 is 17.1 Å². The Hall–Kier alpha value is -1.85. The van der Waals surface area contributed by atoms with E-state index >= 15 is 0 Å². The number of methoxy groups -OCH3 is 1. The molecule has 0 saturated heterocycles. The number of rotatable bonds is 1. The van der Waals surface area contributed by atoms with Crippen molar-refractivity contribution in [3.8, 4) is 11.5 Å². The standard InChI is InChI=1S/C18H19NO4/c1-22-13-3-2-9-8-10-11(19)4-6-17-14(9)15(13)23-16(17)12(20)5-7-18(10,17)21/h2-3,5,7,10-11,16,21H,4,6,8,19H2,1H3/t10-,11?,16-,17-,18+/m0/s1. The largest absolute Gasteiger partial charge is 0.493 e. The van der Waals surface area contributed by atoms with Crippen LogP contribution in [0.5, 0.6) is 11.5 Å². The number of ether oxygens (including phenoxy) is 2. The maximum absolute atomic E-state index is 12.5. The lowest BCUT2D eigenvalue weighted by Crippen LogP contribution is -2.71. The van der Waals surface area contributed by atoms with Crippen molar-refractivity contribution in [3.63, 3.8) is 0 Å². The fraction of sp³-hybridized carbons (Fsp3) is 0.500. The lowest BCUT2D eigenvalue weighted by atomic mass is 9.46. The van der Waals surface area contributed by atoms with Gasteiger partial charge in [0, 0.05) is 17.5 Å². The van der Waals surface area contributed by atoms with Crippen LogP contribution in [-0.4, -0.2) is 35.7 Å². The van der Waals surface area contributed by atoms with Crippen molar-refractivity contribution < 1.29 is 19.4 Å². The van der Waals surface area contributed by atoms with E-state index in [1.807, 2.05) is 12.1 Å². The average Bonchev–Trinajstić information content (AvgIpc) is 2.90. The average molecular weight is 313 g/mol. The Bertz CT molecular complexity index is 773. The number of carbonyl (C=O) groups excluding carboxylic acids is 1. The summed E-state index contributed by atoms with van der Waals surface area (Å²) >= 11 is 0. The molecule has 4 aliphatic rings. The van der Waals surface area contributed by atoms with Crippen molar-refractivity contribution in [2.75, 3.05) is 7.11 Å². The Balaban J connectivity index is 1.89. The van der Waals surface area contributed by atoms with Crippen molar-refractivity contribution in [1.82, 2.24) is 0 Å². The molecule has 3 N–H and O–H groups in total. The Labute approximate surface area is 134 Å². The summed E-state index contributed by atoms with van der Waals surface area (Å²) < 4.78 is 11.5. The molecule has 2 bridgehead atoms. The van der Waals surface area contributed by atoms with Gasteiger partial charge in [-0.15, -0.1) is 0 Å². The Kier molecular flexibility index (Phi) is 2.34. The normalized spacial score (nSPS) is 42.2. The van der Waals surface area contributed by atoms with Crippen molar-refractivity contribution >= 4 is 5.78 Å². The molecule has 120 valence electrons. The molecular formula is C18H19NO4. The fourth-order valence-corrected chi connectivity index (χ4v) is 5.42. The van der Waals surface area contributed by atoms with E-state index in [0.717, 1.165) is 17.5 Å². The first-order valence-corrected chi connectivity index (χ1v) is 8.11. The van der Waals surface area contributed by atoms with Crippen LogP contribution in [0.4, 0.5) is 0 Å². The van der Waals surface area contributed by atoms with Crippen LogP contribution < -0.4 is 15.2 Å². The maximum Gasteiger partial charge on any atom is 0.196 e. The number of aliphatic hydroxyl groups is 1. The van der Waals surface area contributed by atoms with E-state index in [4.69, 9.17) is 15.2 Å². The first kappa shape index (κ1) is 13.6. The maximum atomic E-state index is 12.5. The molecule has 1 fully saturated rings. The van der Waals surface area contributed by atoms with E-state index in [0.29, 0.717) is 24.3 Å². The van der Waals surface area contributed by atoms with E-state index in [1.54, 1.807) is 13.2 Å². The second-order valence-electron chi connectivity index (χ2n) is 7.17. The number of hydrogen-bond donors (Lipinski definition) is 2. The molecule has 1 saturated carbocycles. The molecule has 0 aromatic heterocycles. The third kappa shape index (κ3) is 1.28. The van der Waals surface area contributed by atoms with Crippen molar-refractivity contribution in [2.24, 2.45) is 11.7 Å². The summed E-state index contributed by atoms with van der Waals surface area (Å²) in [4.78, 5) is 12.5. The molecule has 3 aliphatic carbocycles. The predicted molar refractivity (Wildman–Crippen MR) is 82.6 cm³/mol. The molecular weight excluding hydrogens is 294 g/mol. The van der Waals surface area contributed by atoms with Gasteiger partial charge in [-0.05, 0) is 43.0 Å². The molecule has 1 spiro atoms. The summed E-state index contributed by atoms with van der Waals surface area (Å²) in [6.45, 7) is 0. The number of benzene rings is 1. The minimum atomic E-state index is -1.13. The van der Waals surface area contributed by atoms with Crippen molar-refractivity contribution in [3.05, 3.63) is 35.4 Å². The molecule has 1 heterocycles. The Morgan fingerprint density at radius 3 is 3.04 bits per heavy atom. The first-order valence-electron chi connectivity index (χ1n) is 8.11. The molecule has 5 atom stereocenters. The van der Waals surface area contributed by atoms with Gasteiger partial charge in [0.1, 0.15) is 5.60 Å². The molecule has 1 unspecified atom stereocenters. The lowest BCUT2D eigenvalue weighted by molar-refractivity contribution is -0.147. The number of ketones is 1. The topological polar surface area (TPSA) is 81.8 Å². The third-order valence-electron chi connectivity index (χ3n) is 6.43. The summed E-state index contributed by atoms with van der Waals surface area (Å²) in [7, 11) is 1.59. The highest BCUT2D eigenvalue weighted by atomic mass is 16.5. The highest BCUT2D eigenvalue weighted by Crippen LogP contribution is 2.65. The zero-order valence-corrected chi connectivity index (χ0v) is 12.9. The molecule has 1 aromatic carbocycles. The van der Waals surface area contributed by atoms with Crippen molar-refractivity contribution in [2.45, 2.75) is 42.4 Å². The fourth-order valence-electron chi connectivity index (χ4n) is 5.42. The SMILES string of the molecule is COc1ccc2c3c1O[C@H]1C(=O)C=C[C@@]4(O)[C@@H](C2)C(N)CC[C@]314. The Morgan fingerprint density at radius 1 is 1.43 bits per heavy atom. The third-order valence-corrected chi connectivity index (χ3v) is 6.43. The molecule has 0 radical (unpaired) electrons. The van der Waals surface area contributed by atoms with Crippen LogP contribution in [0, 0.1) is 5.92 Å². The molecule has 5 nitrogen and oxygen atoms in total. The summed E-state index contributed by atoms with van der Waals surface area (Å²) in [5.74, 6) is 1.06. The van der Waals surface area contributed by atoms with E-state index in [9.17, 15) is 9.90 Å². The lowest BCUT2D eigenvalue weighted by Gasteiger charge is -2.59. The van der Waals surface area contributed by atoms with Crippen LogP contribution in [0.3, 0.4) is 0 Å². The van der Waals surface area contributed by atoms with Crippen LogP contribution in [0.2, 0.25) is 0 Å². The van der Waals surface area contributed by atoms with Gasteiger partial charge >= 0.3 is 0 Å². The van der Waals surface area contributed by atoms with Crippen LogP contribution in [0.1, 0.15) is 24.0 Å². The van der Waals surface area contributed by atoms with Gasteiger partial charge in [0.2, 0.25) is 0 Å². The van der Waals surface area contributed by atoms with Gasteiger partial charge in [-0.1, -0.05) is 6.07 Å². The van der Waals surface area contributed by atoms with Gasteiger partial charge in [0.25, 0.3) is 0 Å². The van der Waals surface area contributed by atoms with E-state index in [-0.39, 0.29) is 17.7 Å². The molecule has 5 rings (SSSR count). The van der Waals surface area contributed by atoms with Gasteiger partial charge in [-0.3, -0.25) is 4.79 Å². The van der Waals surface area contributed by atoms with Gasteiger partial charge in [-0.2, -0.15) is 0 Å². The molecule has 0 amide bonds. The van der Waals surface area contributed by atoms with Crippen LogP contribution in [0.15, 0.2) is 24.3 Å². The molecule has 1 aromatic rings. The zero-order chi connectivity index (χ0) is 16.0. The zero-order valence-electron chi connectivity index (χ0n) is 12.9. The highest BCUT2D eigenvalue weighted by molar-refractivity contribution is 5.98. The summed E-state index contributed by atoms with van der Waals surface area (Å²) in [6.07, 6.45) is 4.59. The summed E-state index contributed by atoms with van der Waals surface area (Å²) in [5.41, 5.74) is 6.57. The predicted octanol–water partition coefficient (Wildman–Crippen LogP) is 0.857. The highest BCUT2D eigenvalue weighted by Gasteiger charge is 2.71. The first-order chi connectivity index (χ1) is 11.0. The second kappa shape index (κ2) is 3.97. The number of carbonyl (C=O) groups is 1. The quantitative estimate of drug-likeness (QED) is 0.803. The molecule has 23 heavy (non-hydrogen) atoms. The molecule has 1 aliphatic heterocycles. The van der Waals surface area contributed by atoms with Gasteiger partial charge in [0.15, 0.2) is 23.4 Å². The number of hydrogen-bond acceptors (Lipinski definition) is 5. The van der Waals surface area contributed by atoms with E-state index in [2.05, 4.69) is 0 Å². The monoisotopic (exact) mass is 313 g/mol. The van der Waals surface area contributed by atoms with Crippen LogP contribution in [0.25, 0.3) is 0 Å². The van der Waals surface area contributed by atoms with Crippen LogP contribution >= 0.6 is 0 Å². The minimum Gasteiger partial charge on any atom is -0.493 e. The van der Waals surface area contributed by atoms with Gasteiger partial charge in [0.05, 0.1) is 12.5 Å². The second-order valence-corrected chi connectivity index (χ2v) is 7.17. The van der Waals surface area contributed by atoms with E-state index in [1.165, 1.54) is 6.08 Å². The number of nitrogens with two attached hydrogens (primary N) is 1. The van der Waals surface area contributed by atoms with Gasteiger partial charge < -0.3 is 20.3 Å². The summed E-state index contributed by atoms with van der Waals surface area (Å²) in [6, 6.07) is 3.83. The van der Waals surface area contributed by atoms with Gasteiger partial charge in [-0.25, -0.2) is 0 Å². The smallest absolute Gasteiger partial charge is 0.196 e. The Morgan fingerprint density at radius 2 is 2.26 bits per heavy atom. The molecule has 5 heteroatoms. The minimum absolute atomic E-state index is 0.0802.